The van der Waals surface area contributed by atoms with Crippen molar-refractivity contribution in [3.8, 4) is 0 Å². The van der Waals surface area contributed by atoms with Crippen molar-refractivity contribution >= 4 is 17.7 Å². The maximum atomic E-state index is 8.61. The second-order valence-corrected chi connectivity index (χ2v) is 3.54. The second kappa shape index (κ2) is 10.3. The van der Waals surface area contributed by atoms with Crippen molar-refractivity contribution in [1.82, 2.24) is 0 Å². The van der Waals surface area contributed by atoms with Crippen LogP contribution in [0.4, 0.5) is 5.69 Å². The number of allylic oxidation sites excluding steroid dienone is 2. The van der Waals surface area contributed by atoms with Gasteiger partial charge >= 0.3 is 0 Å². The molecule has 6 nitrogen and oxygen atoms in total. The predicted molar refractivity (Wildman–Crippen MR) is 82.1 cm³/mol. The lowest BCUT2D eigenvalue weighted by atomic mass is 10.2. The summed E-state index contributed by atoms with van der Waals surface area (Å²) in [6.45, 7) is 5.24. The number of rotatable bonds is 4. The van der Waals surface area contributed by atoms with Gasteiger partial charge in [0.2, 0.25) is 0 Å². The second-order valence-electron chi connectivity index (χ2n) is 3.54. The molecule has 20 heavy (non-hydrogen) atoms. The summed E-state index contributed by atoms with van der Waals surface area (Å²) in [7, 11) is 0. The van der Waals surface area contributed by atoms with Gasteiger partial charge in [0.05, 0.1) is 6.61 Å². The van der Waals surface area contributed by atoms with Gasteiger partial charge in [0, 0.05) is 11.9 Å². The first-order valence-electron chi connectivity index (χ1n) is 5.82. The van der Waals surface area contributed by atoms with Gasteiger partial charge in [-0.2, -0.15) is 0 Å². The number of amidine groups is 1. The lowest BCUT2D eigenvalue weighted by Gasteiger charge is -1.94. The molecular weight excluding hydrogens is 254 g/mol. The quantitative estimate of drug-likeness (QED) is 0.222. The van der Waals surface area contributed by atoms with Crippen molar-refractivity contribution in [2.75, 3.05) is 5.73 Å². The Morgan fingerprint density at radius 3 is 2.60 bits per heavy atom. The van der Waals surface area contributed by atoms with Crippen LogP contribution in [0.2, 0.25) is 0 Å². The van der Waals surface area contributed by atoms with Crippen LogP contribution in [0.3, 0.4) is 0 Å². The molecule has 1 aromatic rings. The summed E-state index contributed by atoms with van der Waals surface area (Å²) in [4.78, 5) is 3.81. The fourth-order valence-electron chi connectivity index (χ4n) is 1.18. The van der Waals surface area contributed by atoms with E-state index in [-0.39, 0.29) is 12.4 Å². The Labute approximate surface area is 118 Å². The van der Waals surface area contributed by atoms with Crippen molar-refractivity contribution < 1.29 is 5.11 Å². The van der Waals surface area contributed by atoms with Crippen LogP contribution < -0.4 is 5.73 Å². The maximum absolute atomic E-state index is 8.61. The number of nitrogens with zero attached hydrogens (tertiary/aromatic N) is 2. The first-order chi connectivity index (χ1) is 9.58. The summed E-state index contributed by atoms with van der Waals surface area (Å²) < 4.78 is 0. The van der Waals surface area contributed by atoms with E-state index < -0.39 is 0 Å². The summed E-state index contributed by atoms with van der Waals surface area (Å²) in [6, 6.07) is 7.19. The van der Waals surface area contributed by atoms with E-state index >= 15 is 0 Å². The van der Waals surface area contributed by atoms with Crippen molar-refractivity contribution in [3.05, 3.63) is 54.3 Å². The molecule has 5 N–H and O–H groups in total. The zero-order chi connectivity index (χ0) is 15.4. The Kier molecular flexibility index (Phi) is 8.99. The summed E-state index contributed by atoms with van der Waals surface area (Å²) in [5.41, 5.74) is 13.9. The van der Waals surface area contributed by atoms with Gasteiger partial charge in [0.15, 0.2) is 5.84 Å². The van der Waals surface area contributed by atoms with E-state index in [1.807, 2.05) is 12.1 Å². The van der Waals surface area contributed by atoms with Crippen LogP contribution in [0.25, 0.3) is 0 Å². The monoisotopic (exact) mass is 273 g/mol. The van der Waals surface area contributed by atoms with E-state index in [4.69, 9.17) is 21.8 Å². The molecule has 0 radical (unpaired) electrons. The largest absolute Gasteiger partial charge is 0.399 e. The maximum Gasteiger partial charge on any atom is 0.192 e. The normalized spacial score (nSPS) is 10.6. The molecule has 0 aliphatic rings. The first-order valence-corrected chi connectivity index (χ1v) is 5.82. The number of hydrogen-bond donors (Lipinski definition) is 4. The highest BCUT2D eigenvalue weighted by atomic mass is 16.3. The molecule has 106 valence electrons. The van der Waals surface area contributed by atoms with E-state index in [0.29, 0.717) is 11.4 Å². The minimum atomic E-state index is -0.164. The smallest absolute Gasteiger partial charge is 0.192 e. The number of aliphatic hydroxyl groups excluding tert-OH is 1. The third-order valence-corrected chi connectivity index (χ3v) is 2.03. The molecule has 0 aliphatic carbocycles. The fraction of sp³-hybridized carbons (Fsp3) is 0.143. The van der Waals surface area contributed by atoms with Crippen LogP contribution in [0.5, 0.6) is 0 Å². The third kappa shape index (κ3) is 6.97. The van der Waals surface area contributed by atoms with Gasteiger partial charge < -0.3 is 10.8 Å². The van der Waals surface area contributed by atoms with E-state index in [1.165, 1.54) is 18.4 Å². The number of hydrogen-bond acceptors (Lipinski definition) is 5. The predicted octanol–water partition coefficient (Wildman–Crippen LogP) is 2.92. The number of aliphatic imine (C=N–C) groups is 1. The van der Waals surface area contributed by atoms with E-state index in [9.17, 15) is 0 Å². The number of anilines is 1. The Bertz CT molecular complexity index is 520. The summed E-state index contributed by atoms with van der Waals surface area (Å²) >= 11 is 0. The van der Waals surface area contributed by atoms with Gasteiger partial charge in [-0.15, -0.1) is 5.11 Å². The van der Waals surface area contributed by atoms with Crippen molar-refractivity contribution in [1.29, 1.82) is 10.9 Å². The molecule has 0 amide bonds. The molecule has 0 unspecified atom stereocenters. The lowest BCUT2D eigenvalue weighted by molar-refractivity contribution is 0.282. The molecule has 0 spiro atoms. The number of nitrogens with two attached hydrogens (primary N) is 1. The van der Waals surface area contributed by atoms with Crippen LogP contribution in [0.1, 0.15) is 12.5 Å². The summed E-state index contributed by atoms with van der Waals surface area (Å²) in [5, 5.41) is 18.7. The molecule has 0 saturated heterocycles. The van der Waals surface area contributed by atoms with Gasteiger partial charge in [-0.05, 0) is 30.7 Å². The Morgan fingerprint density at radius 2 is 2.20 bits per heavy atom. The third-order valence-electron chi connectivity index (χ3n) is 2.03. The molecule has 0 saturated carbocycles. The van der Waals surface area contributed by atoms with Crippen LogP contribution in [-0.2, 0) is 6.61 Å². The molecule has 0 fully saturated rings. The van der Waals surface area contributed by atoms with Crippen LogP contribution in [0.15, 0.2) is 58.8 Å². The molecule has 0 heterocycles. The van der Waals surface area contributed by atoms with Gasteiger partial charge in [-0.3, -0.25) is 10.4 Å². The van der Waals surface area contributed by atoms with Gasteiger partial charge in [-0.25, -0.2) is 5.53 Å². The zero-order valence-electron chi connectivity index (χ0n) is 11.4. The van der Waals surface area contributed by atoms with Crippen LogP contribution in [0, 0.1) is 10.9 Å². The molecule has 1 aromatic carbocycles. The number of aliphatic hydroxyl groups is 1. The first kappa shape index (κ1) is 17.4. The van der Waals surface area contributed by atoms with Gasteiger partial charge in [0.25, 0.3) is 0 Å². The number of benzene rings is 1. The molecule has 0 aliphatic heterocycles. The van der Waals surface area contributed by atoms with Crippen molar-refractivity contribution in [2.45, 2.75) is 13.5 Å². The molecule has 0 bridgehead atoms. The van der Waals surface area contributed by atoms with Crippen molar-refractivity contribution in [3.63, 3.8) is 0 Å². The number of nitrogens with one attached hydrogen (secondary N) is 2. The minimum Gasteiger partial charge on any atom is -0.399 e. The summed E-state index contributed by atoms with van der Waals surface area (Å²) in [5.74, 6) is -0.164. The highest BCUT2D eigenvalue weighted by Crippen LogP contribution is 2.05. The lowest BCUT2D eigenvalue weighted by Crippen LogP contribution is -1.92. The fourth-order valence-corrected chi connectivity index (χ4v) is 1.18. The Morgan fingerprint density at radius 1 is 1.50 bits per heavy atom. The van der Waals surface area contributed by atoms with E-state index in [0.717, 1.165) is 5.56 Å². The highest BCUT2D eigenvalue weighted by Gasteiger charge is 1.97. The van der Waals surface area contributed by atoms with E-state index in [1.54, 1.807) is 19.1 Å². The van der Waals surface area contributed by atoms with Crippen LogP contribution >= 0.6 is 0 Å². The van der Waals surface area contributed by atoms with Gasteiger partial charge in [-0.1, -0.05) is 24.8 Å². The molecule has 1 rings (SSSR count). The Hall–Kier alpha value is -2.60. The molecule has 0 atom stereocenters. The standard InChI is InChI=1S/C7H10N4.C7H9NO/c1-3-5-6(10-4-2)7(8)11-9;8-7-3-1-2-6(4-7)5-9/h3-5,8-9H,1H2,2H3;1-4,9H,5,8H2/b6-5-,8-7?,10-4?,11-9?;. The molecule has 0 aromatic heterocycles. The summed E-state index contributed by atoms with van der Waals surface area (Å²) in [6.07, 6.45) is 4.57. The zero-order valence-corrected chi connectivity index (χ0v) is 11.4. The minimum absolute atomic E-state index is 0.0606. The Balaban J connectivity index is 0.000000367. The van der Waals surface area contributed by atoms with Crippen LogP contribution in [-0.4, -0.2) is 17.2 Å². The SMILES string of the molecule is C=C/C=C(\N=CC)C(=N)N=N.Nc1cccc(CO)c1. The van der Waals surface area contributed by atoms with Crippen molar-refractivity contribution in [2.24, 2.45) is 10.1 Å². The highest BCUT2D eigenvalue weighted by molar-refractivity contribution is 5.96. The topological polar surface area (TPSA) is 119 Å². The average molecular weight is 273 g/mol. The van der Waals surface area contributed by atoms with Gasteiger partial charge in [0.1, 0.15) is 5.70 Å². The average Bonchev–Trinajstić information content (AvgIpc) is 2.47. The molecular formula is C14H19N5O. The number of nitrogen functional groups attached to an aromatic ring is 1. The van der Waals surface area contributed by atoms with E-state index in [2.05, 4.69) is 16.7 Å². The molecule has 6 heteroatoms.